The highest BCUT2D eigenvalue weighted by Gasteiger charge is 2.46. The van der Waals surface area contributed by atoms with Crippen LogP contribution in [0.25, 0.3) is 6.08 Å². The van der Waals surface area contributed by atoms with E-state index in [-0.39, 0.29) is 24.4 Å². The highest BCUT2D eigenvalue weighted by atomic mass is 16.6. The number of hydrogen-bond acceptors (Lipinski definition) is 6. The van der Waals surface area contributed by atoms with Crippen LogP contribution >= 0.6 is 0 Å². The lowest BCUT2D eigenvalue weighted by atomic mass is 9.91. The summed E-state index contributed by atoms with van der Waals surface area (Å²) in [6, 6.07) is 7.92. The first-order chi connectivity index (χ1) is 17.8. The van der Waals surface area contributed by atoms with Crippen molar-refractivity contribution >= 4 is 12.0 Å². The fraction of sp³-hybridized carbons (Fsp3) is 0.516. The number of aliphatic hydroxyl groups excluding tert-OH is 2. The molecule has 0 saturated carbocycles. The lowest BCUT2D eigenvalue weighted by Crippen LogP contribution is -2.32. The summed E-state index contributed by atoms with van der Waals surface area (Å²) in [7, 11) is 0. The molecular weight excluding hydrogens is 468 g/mol. The van der Waals surface area contributed by atoms with Gasteiger partial charge in [0.1, 0.15) is 18.3 Å². The first-order valence-electron chi connectivity index (χ1n) is 13.4. The molecule has 6 unspecified atom stereocenters. The van der Waals surface area contributed by atoms with Gasteiger partial charge in [-0.25, -0.2) is 4.79 Å². The van der Waals surface area contributed by atoms with Gasteiger partial charge in [0.25, 0.3) is 0 Å². The van der Waals surface area contributed by atoms with Crippen molar-refractivity contribution in [3.8, 4) is 0 Å². The molecule has 2 N–H and O–H groups in total. The minimum atomic E-state index is -1.02. The Balaban J connectivity index is 1.47. The van der Waals surface area contributed by atoms with E-state index in [0.29, 0.717) is 25.2 Å². The fourth-order valence-electron chi connectivity index (χ4n) is 5.30. The van der Waals surface area contributed by atoms with Gasteiger partial charge in [0.15, 0.2) is 0 Å². The molecule has 1 aromatic rings. The Bertz CT molecular complexity index is 1030. The Morgan fingerprint density at radius 2 is 1.97 bits per heavy atom. The van der Waals surface area contributed by atoms with Gasteiger partial charge in [0.05, 0.1) is 24.4 Å². The Labute approximate surface area is 220 Å². The molecule has 0 aromatic heterocycles. The van der Waals surface area contributed by atoms with Crippen LogP contribution in [-0.4, -0.2) is 58.9 Å². The zero-order chi connectivity index (χ0) is 26.4. The van der Waals surface area contributed by atoms with Crippen LogP contribution in [0, 0.1) is 12.8 Å². The number of aliphatic hydroxyl groups is 2. The van der Waals surface area contributed by atoms with Crippen molar-refractivity contribution in [2.45, 2.75) is 95.1 Å². The number of aryl methyl sites for hydroxylation is 1. The van der Waals surface area contributed by atoms with Gasteiger partial charge in [-0.05, 0) is 50.5 Å². The maximum Gasteiger partial charge on any atom is 0.330 e. The van der Waals surface area contributed by atoms with Crippen molar-refractivity contribution in [3.05, 3.63) is 77.9 Å². The molecule has 0 aliphatic carbocycles. The lowest BCUT2D eigenvalue weighted by Gasteiger charge is -2.28. The minimum absolute atomic E-state index is 0.0850. The molecule has 0 spiro atoms. The van der Waals surface area contributed by atoms with Gasteiger partial charge in [-0.3, -0.25) is 0 Å². The molecule has 2 bridgehead atoms. The highest BCUT2D eigenvalue weighted by molar-refractivity contribution is 5.82. The largest absolute Gasteiger partial charge is 0.456 e. The van der Waals surface area contributed by atoms with Crippen LogP contribution in [0.2, 0.25) is 0 Å². The summed E-state index contributed by atoms with van der Waals surface area (Å²) in [5.74, 6) is -0.137. The third-order valence-corrected chi connectivity index (χ3v) is 7.18. The summed E-state index contributed by atoms with van der Waals surface area (Å²) in [6.07, 6.45) is 11.6. The van der Waals surface area contributed by atoms with Crippen LogP contribution in [0.1, 0.15) is 56.6 Å². The number of rotatable bonds is 3. The van der Waals surface area contributed by atoms with E-state index in [0.717, 1.165) is 36.0 Å². The van der Waals surface area contributed by atoms with E-state index in [9.17, 15) is 15.0 Å². The molecule has 3 aliphatic rings. The molecule has 1 saturated heterocycles. The molecule has 3 aliphatic heterocycles. The molecule has 4 rings (SSSR count). The van der Waals surface area contributed by atoms with Gasteiger partial charge in [0.2, 0.25) is 0 Å². The average Bonchev–Trinajstić information content (AvgIpc) is 3.61. The predicted octanol–water partition coefficient (Wildman–Crippen LogP) is 4.84. The van der Waals surface area contributed by atoms with Crippen molar-refractivity contribution < 1.29 is 29.2 Å². The topological polar surface area (TPSA) is 88.5 Å². The molecule has 8 atom stereocenters. The van der Waals surface area contributed by atoms with Crippen LogP contribution < -0.4 is 0 Å². The third kappa shape index (κ3) is 8.50. The Morgan fingerprint density at radius 3 is 2.78 bits per heavy atom. The van der Waals surface area contributed by atoms with Crippen molar-refractivity contribution in [2.24, 2.45) is 5.92 Å². The number of benzene rings is 1. The van der Waals surface area contributed by atoms with Crippen LogP contribution in [0.15, 0.2) is 66.8 Å². The molecule has 200 valence electrons. The zero-order valence-corrected chi connectivity index (χ0v) is 21.9. The second-order valence-electron chi connectivity index (χ2n) is 10.8. The van der Waals surface area contributed by atoms with Gasteiger partial charge >= 0.3 is 5.97 Å². The number of carbonyl (C=O) groups is 1. The molecule has 0 amide bonds. The van der Waals surface area contributed by atoms with E-state index in [1.54, 1.807) is 12.2 Å². The van der Waals surface area contributed by atoms with Gasteiger partial charge < -0.3 is 24.4 Å². The third-order valence-electron chi connectivity index (χ3n) is 7.18. The molecule has 6 nitrogen and oxygen atoms in total. The number of esters is 1. The molecule has 1 fully saturated rings. The Kier molecular flexibility index (Phi) is 9.54. The first kappa shape index (κ1) is 27.5. The number of cyclic esters (lactones) is 1. The van der Waals surface area contributed by atoms with Gasteiger partial charge in [0, 0.05) is 12.5 Å². The average molecular weight is 509 g/mol. The van der Waals surface area contributed by atoms with Crippen LogP contribution in [0.5, 0.6) is 0 Å². The van der Waals surface area contributed by atoms with E-state index in [2.05, 4.69) is 19.6 Å². The smallest absolute Gasteiger partial charge is 0.330 e. The fourth-order valence-corrected chi connectivity index (χ4v) is 5.30. The molecular formula is C31H40O6. The molecule has 0 radical (unpaired) electrons. The van der Waals surface area contributed by atoms with E-state index >= 15 is 0 Å². The molecule has 6 heteroatoms. The van der Waals surface area contributed by atoms with Crippen molar-refractivity contribution in [3.63, 3.8) is 0 Å². The number of ether oxygens (including phenoxy) is 3. The second kappa shape index (κ2) is 12.8. The van der Waals surface area contributed by atoms with E-state index in [4.69, 9.17) is 14.2 Å². The second-order valence-corrected chi connectivity index (χ2v) is 10.8. The number of carbonyl (C=O) groups excluding carboxylic acids is 1. The van der Waals surface area contributed by atoms with E-state index in [1.807, 2.05) is 43.3 Å². The number of hydrogen-bond donors (Lipinski definition) is 2. The SMILES string of the molecule is C=C1CC(C)CC2CC=CC(C/C=C\C(=O)OC(C(O)/C=C/c3cccc(C)c3)C[C@@H]3OC3[C@@H](O)C1)O2. The summed E-state index contributed by atoms with van der Waals surface area (Å²) in [5.41, 5.74) is 3.06. The standard InChI is InChI=1S/C31H40O6/c1-20-7-4-8-23(16-20)13-14-26(32)28-19-29-31(37-29)27(33)18-22(3)15-21(2)17-25-11-5-9-24(35-25)10-6-12-30(34)36-28/h4-9,12-14,16,21,24-29,31-33H,3,10-11,15,17-19H2,1-2H3/b12-6-,14-13+/t21?,24?,25?,26?,27-,28?,29-,31?/m0/s1. The molecule has 37 heavy (non-hydrogen) atoms. The summed E-state index contributed by atoms with van der Waals surface area (Å²) in [5, 5.41) is 21.7. The number of fused-ring (bicyclic) bond motifs is 3. The highest BCUT2D eigenvalue weighted by Crippen LogP contribution is 2.34. The van der Waals surface area contributed by atoms with Crippen LogP contribution in [-0.2, 0) is 19.0 Å². The molecule has 3 heterocycles. The van der Waals surface area contributed by atoms with Gasteiger partial charge in [-0.2, -0.15) is 0 Å². The summed E-state index contributed by atoms with van der Waals surface area (Å²) < 4.78 is 17.7. The maximum absolute atomic E-state index is 12.6. The van der Waals surface area contributed by atoms with Crippen molar-refractivity contribution in [1.29, 1.82) is 0 Å². The monoisotopic (exact) mass is 508 g/mol. The predicted molar refractivity (Wildman–Crippen MR) is 144 cm³/mol. The van der Waals surface area contributed by atoms with Crippen molar-refractivity contribution in [1.82, 2.24) is 0 Å². The molecule has 1 aromatic carbocycles. The minimum Gasteiger partial charge on any atom is -0.456 e. The lowest BCUT2D eigenvalue weighted by molar-refractivity contribution is -0.147. The zero-order valence-electron chi connectivity index (χ0n) is 21.9. The maximum atomic E-state index is 12.6. The summed E-state index contributed by atoms with van der Waals surface area (Å²) in [6.45, 7) is 8.39. The Hall–Kier alpha value is -2.51. The quantitative estimate of drug-likeness (QED) is 0.345. The van der Waals surface area contributed by atoms with E-state index < -0.39 is 24.3 Å². The van der Waals surface area contributed by atoms with Gasteiger partial charge in [-0.1, -0.05) is 79.3 Å². The normalized spacial score (nSPS) is 35.2. The first-order valence-corrected chi connectivity index (χ1v) is 13.4. The van der Waals surface area contributed by atoms with Gasteiger partial charge in [-0.15, -0.1) is 0 Å². The van der Waals surface area contributed by atoms with Crippen molar-refractivity contribution in [2.75, 3.05) is 0 Å². The van der Waals surface area contributed by atoms with Crippen LogP contribution in [0.4, 0.5) is 0 Å². The Morgan fingerprint density at radius 1 is 1.14 bits per heavy atom. The number of epoxide rings is 1. The van der Waals surface area contributed by atoms with Crippen LogP contribution in [0.3, 0.4) is 0 Å². The van der Waals surface area contributed by atoms with E-state index in [1.165, 1.54) is 6.08 Å². The summed E-state index contributed by atoms with van der Waals surface area (Å²) >= 11 is 0. The summed E-state index contributed by atoms with van der Waals surface area (Å²) in [4.78, 5) is 12.6.